The standard InChI is InChI=1S/C16H24N2O3/c1-6-11-7-8-13(20-5)12(9-11)10-14(17)18-15(19)21-16(2,3)4/h7-9H,6,10H2,1-5H3,(H2,17,18,19). The van der Waals surface area contributed by atoms with Crippen LogP contribution in [0.3, 0.4) is 0 Å². The molecule has 0 aromatic heterocycles. The molecule has 0 saturated heterocycles. The minimum atomic E-state index is -0.675. The molecule has 1 aromatic rings. The van der Waals surface area contributed by atoms with Gasteiger partial charge in [0, 0.05) is 12.0 Å². The van der Waals surface area contributed by atoms with E-state index in [-0.39, 0.29) is 5.84 Å². The number of amides is 1. The fourth-order valence-corrected chi connectivity index (χ4v) is 1.83. The molecule has 0 fully saturated rings. The van der Waals surface area contributed by atoms with E-state index in [9.17, 15) is 4.79 Å². The first-order valence-corrected chi connectivity index (χ1v) is 6.97. The molecule has 0 unspecified atom stereocenters. The predicted molar refractivity (Wildman–Crippen MR) is 83.9 cm³/mol. The number of hydrogen-bond acceptors (Lipinski definition) is 3. The van der Waals surface area contributed by atoms with Gasteiger partial charge in [-0.2, -0.15) is 4.99 Å². The summed E-state index contributed by atoms with van der Waals surface area (Å²) >= 11 is 0. The van der Waals surface area contributed by atoms with Crippen molar-refractivity contribution in [3.05, 3.63) is 29.3 Å². The van der Waals surface area contributed by atoms with Crippen LogP contribution in [0.25, 0.3) is 0 Å². The molecule has 1 aromatic carbocycles. The van der Waals surface area contributed by atoms with Crippen LogP contribution in [0.5, 0.6) is 5.75 Å². The number of hydrogen-bond donors (Lipinski definition) is 1. The van der Waals surface area contributed by atoms with Gasteiger partial charge in [0.1, 0.15) is 17.2 Å². The van der Waals surface area contributed by atoms with Crippen LogP contribution in [0.1, 0.15) is 38.8 Å². The van der Waals surface area contributed by atoms with Gasteiger partial charge in [0.05, 0.1) is 7.11 Å². The number of aryl methyl sites for hydroxylation is 1. The third kappa shape index (κ3) is 5.85. The largest absolute Gasteiger partial charge is 0.496 e. The topological polar surface area (TPSA) is 73.9 Å². The number of methoxy groups -OCH3 is 1. The number of nitrogens with two attached hydrogens (primary N) is 1. The Kier molecular flexibility index (Phi) is 5.76. The average Bonchev–Trinajstić information content (AvgIpc) is 2.35. The van der Waals surface area contributed by atoms with Crippen LogP contribution in [0, 0.1) is 0 Å². The van der Waals surface area contributed by atoms with Crippen LogP contribution >= 0.6 is 0 Å². The number of carbonyl (C=O) groups excluding carboxylic acids is 1. The first kappa shape index (κ1) is 17.0. The van der Waals surface area contributed by atoms with Crippen LogP contribution in [0.2, 0.25) is 0 Å². The first-order valence-electron chi connectivity index (χ1n) is 6.97. The summed E-state index contributed by atoms with van der Waals surface area (Å²) in [6.45, 7) is 7.42. The lowest BCUT2D eigenvalue weighted by Gasteiger charge is -2.17. The zero-order valence-electron chi connectivity index (χ0n) is 13.4. The Bertz CT molecular complexity index is 531. The Morgan fingerprint density at radius 3 is 2.52 bits per heavy atom. The van der Waals surface area contributed by atoms with E-state index in [1.807, 2.05) is 18.2 Å². The van der Waals surface area contributed by atoms with Gasteiger partial charge in [0.2, 0.25) is 0 Å². The molecule has 5 nitrogen and oxygen atoms in total. The van der Waals surface area contributed by atoms with Gasteiger partial charge in [0.15, 0.2) is 0 Å². The van der Waals surface area contributed by atoms with Crippen molar-refractivity contribution in [3.8, 4) is 5.75 Å². The fraction of sp³-hybridized carbons (Fsp3) is 0.500. The van der Waals surface area contributed by atoms with Gasteiger partial charge in [-0.05, 0) is 38.8 Å². The van der Waals surface area contributed by atoms with Gasteiger partial charge in [-0.1, -0.05) is 19.1 Å². The minimum absolute atomic E-state index is 0.204. The molecule has 0 aliphatic rings. The molecular weight excluding hydrogens is 268 g/mol. The van der Waals surface area contributed by atoms with Crippen molar-refractivity contribution in [3.63, 3.8) is 0 Å². The molecule has 5 heteroatoms. The highest BCUT2D eigenvalue weighted by atomic mass is 16.6. The molecular formula is C16H24N2O3. The van der Waals surface area contributed by atoms with E-state index in [0.29, 0.717) is 6.42 Å². The molecule has 0 radical (unpaired) electrons. The number of carbonyl (C=O) groups is 1. The van der Waals surface area contributed by atoms with Crippen molar-refractivity contribution in [2.45, 2.75) is 46.1 Å². The van der Waals surface area contributed by atoms with Crippen molar-refractivity contribution in [2.24, 2.45) is 10.7 Å². The van der Waals surface area contributed by atoms with Crippen LogP contribution < -0.4 is 10.5 Å². The second-order valence-corrected chi connectivity index (χ2v) is 5.76. The van der Waals surface area contributed by atoms with Crippen LogP contribution in [-0.4, -0.2) is 24.6 Å². The summed E-state index contributed by atoms with van der Waals surface area (Å²) < 4.78 is 10.4. The lowest BCUT2D eigenvalue weighted by Crippen LogP contribution is -2.24. The second-order valence-electron chi connectivity index (χ2n) is 5.76. The summed E-state index contributed by atoms with van der Waals surface area (Å²) in [6, 6.07) is 5.91. The molecule has 21 heavy (non-hydrogen) atoms. The van der Waals surface area contributed by atoms with Crippen molar-refractivity contribution in [1.29, 1.82) is 0 Å². The Morgan fingerprint density at radius 1 is 1.33 bits per heavy atom. The third-order valence-corrected chi connectivity index (χ3v) is 2.75. The van der Waals surface area contributed by atoms with E-state index in [2.05, 4.69) is 11.9 Å². The molecule has 1 amide bonds. The van der Waals surface area contributed by atoms with E-state index in [1.54, 1.807) is 27.9 Å². The van der Waals surface area contributed by atoms with Gasteiger partial charge in [-0.15, -0.1) is 0 Å². The highest BCUT2D eigenvalue weighted by molar-refractivity contribution is 5.92. The van der Waals surface area contributed by atoms with Gasteiger partial charge < -0.3 is 15.2 Å². The number of rotatable bonds is 4. The molecule has 0 heterocycles. The van der Waals surface area contributed by atoms with Crippen molar-refractivity contribution in [1.82, 2.24) is 0 Å². The number of aliphatic imine (C=N–C) groups is 1. The maximum Gasteiger partial charge on any atom is 0.435 e. The van der Waals surface area contributed by atoms with Gasteiger partial charge in [0.25, 0.3) is 0 Å². The summed E-state index contributed by atoms with van der Waals surface area (Å²) in [5.74, 6) is 0.936. The fourth-order valence-electron chi connectivity index (χ4n) is 1.83. The highest BCUT2D eigenvalue weighted by Gasteiger charge is 2.16. The Hall–Kier alpha value is -2.04. The van der Waals surface area contributed by atoms with Gasteiger partial charge in [-0.3, -0.25) is 0 Å². The Morgan fingerprint density at radius 2 is 2.00 bits per heavy atom. The molecule has 116 valence electrons. The molecule has 0 aliphatic carbocycles. The van der Waals surface area contributed by atoms with E-state index in [4.69, 9.17) is 15.2 Å². The second kappa shape index (κ2) is 7.11. The monoisotopic (exact) mass is 292 g/mol. The molecule has 0 bridgehead atoms. The SMILES string of the molecule is CCc1ccc(OC)c(C/C(N)=N/C(=O)OC(C)(C)C)c1. The van der Waals surface area contributed by atoms with Crippen LogP contribution in [0.15, 0.2) is 23.2 Å². The maximum atomic E-state index is 11.6. The normalized spacial score (nSPS) is 12.1. The Balaban J connectivity index is 2.87. The number of nitrogens with zero attached hydrogens (tertiary/aromatic N) is 1. The number of amidine groups is 1. The van der Waals surface area contributed by atoms with Gasteiger partial charge >= 0.3 is 6.09 Å². The highest BCUT2D eigenvalue weighted by Crippen LogP contribution is 2.21. The van der Waals surface area contributed by atoms with E-state index >= 15 is 0 Å². The Labute approximate surface area is 126 Å². The third-order valence-electron chi connectivity index (χ3n) is 2.75. The molecule has 0 aliphatic heterocycles. The van der Waals surface area contributed by atoms with Gasteiger partial charge in [-0.25, -0.2) is 4.79 Å². The summed E-state index contributed by atoms with van der Waals surface area (Å²) in [5, 5.41) is 0. The molecule has 0 spiro atoms. The smallest absolute Gasteiger partial charge is 0.435 e. The summed E-state index contributed by atoms with van der Waals surface area (Å²) in [5.41, 5.74) is 7.33. The summed E-state index contributed by atoms with van der Waals surface area (Å²) in [4.78, 5) is 15.4. The zero-order chi connectivity index (χ0) is 16.0. The molecule has 2 N–H and O–H groups in total. The lowest BCUT2D eigenvalue weighted by molar-refractivity contribution is 0.0604. The predicted octanol–water partition coefficient (Wildman–Crippen LogP) is 3.09. The maximum absolute atomic E-state index is 11.6. The van der Waals surface area contributed by atoms with Crippen molar-refractivity contribution >= 4 is 11.9 Å². The zero-order valence-corrected chi connectivity index (χ0v) is 13.4. The van der Waals surface area contributed by atoms with Crippen LogP contribution in [-0.2, 0) is 17.6 Å². The average molecular weight is 292 g/mol. The quantitative estimate of drug-likeness (QED) is 0.683. The number of ether oxygens (including phenoxy) is 2. The molecule has 0 saturated carbocycles. The first-order chi connectivity index (χ1) is 9.75. The van der Waals surface area contributed by atoms with Crippen molar-refractivity contribution < 1.29 is 14.3 Å². The van der Waals surface area contributed by atoms with Crippen molar-refractivity contribution in [2.75, 3.05) is 7.11 Å². The van der Waals surface area contributed by atoms with E-state index in [0.717, 1.165) is 17.7 Å². The molecule has 0 atom stereocenters. The number of benzene rings is 1. The van der Waals surface area contributed by atoms with E-state index in [1.165, 1.54) is 5.56 Å². The van der Waals surface area contributed by atoms with E-state index < -0.39 is 11.7 Å². The molecule has 1 rings (SSSR count). The summed E-state index contributed by atoms with van der Waals surface area (Å²) in [6.07, 6.45) is 0.585. The lowest BCUT2D eigenvalue weighted by atomic mass is 10.0. The summed E-state index contributed by atoms with van der Waals surface area (Å²) in [7, 11) is 1.60. The minimum Gasteiger partial charge on any atom is -0.496 e. The van der Waals surface area contributed by atoms with Crippen LogP contribution in [0.4, 0.5) is 4.79 Å².